The largest absolute Gasteiger partial charge is 0.383 e. The number of amides is 1. The maximum atomic E-state index is 12.1. The molecule has 0 saturated carbocycles. The lowest BCUT2D eigenvalue weighted by atomic mass is 10.1. The lowest BCUT2D eigenvalue weighted by molar-refractivity contribution is 0.0892. The Kier molecular flexibility index (Phi) is 6.07. The van der Waals surface area contributed by atoms with E-state index in [4.69, 9.17) is 10.5 Å². The van der Waals surface area contributed by atoms with Crippen LogP contribution in [0.2, 0.25) is 0 Å². The number of nitrogen functional groups attached to an aromatic ring is 1. The first-order valence-electron chi connectivity index (χ1n) is 5.79. The van der Waals surface area contributed by atoms with Gasteiger partial charge in [0.25, 0.3) is 5.91 Å². The Morgan fingerprint density at radius 3 is 3.00 bits per heavy atom. The zero-order valence-electron chi connectivity index (χ0n) is 10.6. The molecule has 100 valence electrons. The smallest absolute Gasteiger partial charge is 0.255 e. The topological polar surface area (TPSA) is 77.2 Å². The first-order chi connectivity index (χ1) is 8.58. The van der Waals surface area contributed by atoms with Crippen LogP contribution in [-0.2, 0) is 4.74 Å². The van der Waals surface area contributed by atoms with Gasteiger partial charge in [0.15, 0.2) is 0 Å². The second kappa shape index (κ2) is 7.33. The second-order valence-electron chi connectivity index (χ2n) is 4.00. The third-order valence-corrected chi connectivity index (χ3v) is 2.90. The molecule has 0 saturated heterocycles. The highest BCUT2D eigenvalue weighted by molar-refractivity contribution is 9.10. The van der Waals surface area contributed by atoms with Crippen LogP contribution in [0.15, 0.2) is 16.7 Å². The number of nitrogens with one attached hydrogen (secondary N) is 1. The molecule has 0 radical (unpaired) electrons. The molecule has 6 heteroatoms. The minimum Gasteiger partial charge on any atom is -0.383 e. The molecule has 1 heterocycles. The summed E-state index contributed by atoms with van der Waals surface area (Å²) in [5.41, 5.74) is 6.07. The standard InChI is InChI=1S/C12H18BrN3O2/c1-3-4-9(7-18-2)16-12(17)10-5-8(13)6-15-11(10)14/h5-6,9H,3-4,7H2,1-2H3,(H2,14,15)(H,16,17). The van der Waals surface area contributed by atoms with Crippen molar-refractivity contribution in [3.05, 3.63) is 22.3 Å². The lowest BCUT2D eigenvalue weighted by Crippen LogP contribution is -2.38. The number of rotatable bonds is 6. The molecule has 0 aliphatic heterocycles. The van der Waals surface area contributed by atoms with E-state index in [0.29, 0.717) is 12.2 Å². The third kappa shape index (κ3) is 4.27. The summed E-state index contributed by atoms with van der Waals surface area (Å²) in [5, 5.41) is 2.90. The number of nitrogens with two attached hydrogens (primary N) is 1. The molecule has 18 heavy (non-hydrogen) atoms. The van der Waals surface area contributed by atoms with Gasteiger partial charge in [-0.05, 0) is 28.4 Å². The summed E-state index contributed by atoms with van der Waals surface area (Å²) in [6.45, 7) is 2.55. The quantitative estimate of drug-likeness (QED) is 0.841. The molecule has 1 aromatic rings. The molecule has 0 aromatic carbocycles. The Labute approximate surface area is 115 Å². The summed E-state index contributed by atoms with van der Waals surface area (Å²) in [7, 11) is 1.61. The van der Waals surface area contributed by atoms with Crippen LogP contribution in [0.4, 0.5) is 5.82 Å². The van der Waals surface area contributed by atoms with Crippen LogP contribution in [0.25, 0.3) is 0 Å². The van der Waals surface area contributed by atoms with Gasteiger partial charge in [-0.1, -0.05) is 13.3 Å². The predicted molar refractivity (Wildman–Crippen MR) is 74.4 cm³/mol. The zero-order chi connectivity index (χ0) is 13.5. The third-order valence-electron chi connectivity index (χ3n) is 2.47. The number of nitrogens with zero attached hydrogens (tertiary/aromatic N) is 1. The Balaban J connectivity index is 2.76. The minimum atomic E-state index is -0.225. The minimum absolute atomic E-state index is 0.00844. The summed E-state index contributed by atoms with van der Waals surface area (Å²) in [4.78, 5) is 16.0. The number of aromatic nitrogens is 1. The molecule has 0 spiro atoms. The van der Waals surface area contributed by atoms with E-state index in [1.807, 2.05) is 0 Å². The van der Waals surface area contributed by atoms with Crippen molar-refractivity contribution in [3.8, 4) is 0 Å². The monoisotopic (exact) mass is 315 g/mol. The van der Waals surface area contributed by atoms with E-state index in [9.17, 15) is 4.79 Å². The summed E-state index contributed by atoms with van der Waals surface area (Å²) in [6.07, 6.45) is 3.40. The molecule has 0 bridgehead atoms. The Morgan fingerprint density at radius 2 is 2.39 bits per heavy atom. The fourth-order valence-corrected chi connectivity index (χ4v) is 1.97. The van der Waals surface area contributed by atoms with E-state index >= 15 is 0 Å². The predicted octanol–water partition coefficient (Wildman–Crippen LogP) is 1.97. The highest BCUT2D eigenvalue weighted by Gasteiger charge is 2.16. The van der Waals surface area contributed by atoms with Gasteiger partial charge in [0.05, 0.1) is 18.2 Å². The van der Waals surface area contributed by atoms with Gasteiger partial charge < -0.3 is 15.8 Å². The van der Waals surface area contributed by atoms with Crippen LogP contribution in [0.1, 0.15) is 30.1 Å². The van der Waals surface area contributed by atoms with Gasteiger partial charge in [-0.15, -0.1) is 0 Å². The van der Waals surface area contributed by atoms with E-state index in [1.54, 1.807) is 19.4 Å². The first-order valence-corrected chi connectivity index (χ1v) is 6.58. The maximum absolute atomic E-state index is 12.1. The van der Waals surface area contributed by atoms with Crippen molar-refractivity contribution >= 4 is 27.7 Å². The van der Waals surface area contributed by atoms with Crippen LogP contribution < -0.4 is 11.1 Å². The maximum Gasteiger partial charge on any atom is 0.255 e. The number of halogens is 1. The van der Waals surface area contributed by atoms with E-state index in [1.165, 1.54) is 0 Å². The van der Waals surface area contributed by atoms with E-state index in [2.05, 4.69) is 33.2 Å². The molecule has 3 N–H and O–H groups in total. The van der Waals surface area contributed by atoms with Gasteiger partial charge in [0, 0.05) is 17.8 Å². The fraction of sp³-hybridized carbons (Fsp3) is 0.500. The molecule has 1 amide bonds. The van der Waals surface area contributed by atoms with Gasteiger partial charge in [0.1, 0.15) is 5.82 Å². The van der Waals surface area contributed by atoms with Gasteiger partial charge in [-0.2, -0.15) is 0 Å². The average molecular weight is 316 g/mol. The van der Waals surface area contributed by atoms with Crippen LogP contribution in [0, 0.1) is 0 Å². The van der Waals surface area contributed by atoms with Gasteiger partial charge in [-0.3, -0.25) is 4.79 Å². The molecule has 1 aromatic heterocycles. The Hall–Kier alpha value is -1.14. The highest BCUT2D eigenvalue weighted by atomic mass is 79.9. The van der Waals surface area contributed by atoms with Gasteiger partial charge in [0.2, 0.25) is 0 Å². The summed E-state index contributed by atoms with van der Waals surface area (Å²) >= 11 is 3.27. The van der Waals surface area contributed by atoms with Crippen molar-refractivity contribution in [3.63, 3.8) is 0 Å². The zero-order valence-corrected chi connectivity index (χ0v) is 12.2. The van der Waals surface area contributed by atoms with Crippen molar-refractivity contribution in [2.45, 2.75) is 25.8 Å². The highest BCUT2D eigenvalue weighted by Crippen LogP contribution is 2.15. The molecule has 0 fully saturated rings. The van der Waals surface area contributed by atoms with E-state index in [-0.39, 0.29) is 17.8 Å². The number of pyridine rings is 1. The number of methoxy groups -OCH3 is 1. The Bertz CT molecular complexity index is 406. The summed E-state index contributed by atoms with van der Waals surface area (Å²) in [6, 6.07) is 1.65. The van der Waals surface area contributed by atoms with Crippen LogP contribution in [0.5, 0.6) is 0 Å². The number of carbonyl (C=O) groups is 1. The van der Waals surface area contributed by atoms with Gasteiger partial charge in [-0.25, -0.2) is 4.98 Å². The lowest BCUT2D eigenvalue weighted by Gasteiger charge is -2.17. The van der Waals surface area contributed by atoms with Crippen molar-refractivity contribution in [2.24, 2.45) is 0 Å². The molecule has 5 nitrogen and oxygen atoms in total. The first kappa shape index (κ1) is 14.9. The van der Waals surface area contributed by atoms with Crippen LogP contribution in [0.3, 0.4) is 0 Å². The molecule has 1 unspecified atom stereocenters. The van der Waals surface area contributed by atoms with Crippen molar-refractivity contribution in [2.75, 3.05) is 19.5 Å². The van der Waals surface area contributed by atoms with Crippen LogP contribution >= 0.6 is 15.9 Å². The van der Waals surface area contributed by atoms with Crippen molar-refractivity contribution < 1.29 is 9.53 Å². The van der Waals surface area contributed by atoms with Crippen molar-refractivity contribution in [1.29, 1.82) is 0 Å². The normalized spacial score (nSPS) is 12.2. The molecule has 0 aliphatic rings. The molecular weight excluding hydrogens is 298 g/mol. The fourth-order valence-electron chi connectivity index (χ4n) is 1.64. The Morgan fingerprint density at radius 1 is 1.67 bits per heavy atom. The summed E-state index contributed by atoms with van der Waals surface area (Å²) < 4.78 is 5.80. The second-order valence-corrected chi connectivity index (χ2v) is 4.92. The average Bonchev–Trinajstić information content (AvgIpc) is 2.33. The number of hydrogen-bond acceptors (Lipinski definition) is 4. The number of ether oxygens (including phenoxy) is 1. The summed E-state index contributed by atoms with van der Waals surface area (Å²) in [5.74, 6) is 0.000153. The van der Waals surface area contributed by atoms with Crippen molar-refractivity contribution in [1.82, 2.24) is 10.3 Å². The molecule has 1 rings (SSSR count). The van der Waals surface area contributed by atoms with E-state index in [0.717, 1.165) is 17.3 Å². The molecule has 1 atom stereocenters. The number of hydrogen-bond donors (Lipinski definition) is 2. The molecule has 0 aliphatic carbocycles. The van der Waals surface area contributed by atoms with Gasteiger partial charge >= 0.3 is 0 Å². The molecular formula is C12H18BrN3O2. The van der Waals surface area contributed by atoms with E-state index < -0.39 is 0 Å². The number of carbonyl (C=O) groups excluding carboxylic acids is 1. The number of anilines is 1. The SMILES string of the molecule is CCCC(COC)NC(=O)c1cc(Br)cnc1N. The van der Waals surface area contributed by atoms with Crippen LogP contribution in [-0.4, -0.2) is 30.6 Å².